The molecule has 0 amide bonds. The fourth-order valence-corrected chi connectivity index (χ4v) is 2.31. The van der Waals surface area contributed by atoms with Crippen LogP contribution in [0.2, 0.25) is 0 Å². The van der Waals surface area contributed by atoms with E-state index in [9.17, 15) is 9.18 Å². The molecule has 1 aliphatic rings. The molecule has 6 heteroatoms. The second-order valence-electron chi connectivity index (χ2n) is 4.79. The van der Waals surface area contributed by atoms with E-state index in [1.165, 1.54) is 13.2 Å². The molecule has 110 valence electrons. The molecule has 0 aliphatic carbocycles. The summed E-state index contributed by atoms with van der Waals surface area (Å²) in [6, 6.07) is 4.85. The zero-order valence-corrected chi connectivity index (χ0v) is 11.3. The first-order chi connectivity index (χ1) is 9.58. The van der Waals surface area contributed by atoms with Crippen molar-refractivity contribution in [1.82, 2.24) is 4.90 Å². The Hall–Kier alpha value is -1.66. The van der Waals surface area contributed by atoms with E-state index in [-0.39, 0.29) is 24.1 Å². The van der Waals surface area contributed by atoms with Crippen molar-refractivity contribution in [3.8, 4) is 5.75 Å². The third kappa shape index (κ3) is 3.91. The van der Waals surface area contributed by atoms with Crippen LogP contribution < -0.4 is 4.74 Å². The summed E-state index contributed by atoms with van der Waals surface area (Å²) in [5.74, 6) is -1.04. The molecule has 1 saturated heterocycles. The maximum Gasteiger partial charge on any atom is 0.306 e. The number of benzene rings is 1. The van der Waals surface area contributed by atoms with Gasteiger partial charge >= 0.3 is 5.97 Å². The minimum Gasteiger partial charge on any atom is -0.494 e. The topological polar surface area (TPSA) is 59.0 Å². The highest BCUT2D eigenvalue weighted by molar-refractivity contribution is 5.67. The molecule has 0 aromatic heterocycles. The minimum absolute atomic E-state index is 0.00647. The normalized spacial score (nSPS) is 19.8. The summed E-state index contributed by atoms with van der Waals surface area (Å²) >= 11 is 0. The van der Waals surface area contributed by atoms with Crippen molar-refractivity contribution < 1.29 is 23.8 Å². The molecule has 1 atom stereocenters. The van der Waals surface area contributed by atoms with Crippen LogP contribution in [-0.2, 0) is 16.1 Å². The van der Waals surface area contributed by atoms with Gasteiger partial charge in [0.15, 0.2) is 11.6 Å². The molecule has 1 aromatic rings. The van der Waals surface area contributed by atoms with Crippen LogP contribution in [-0.4, -0.2) is 48.9 Å². The maximum atomic E-state index is 13.6. The lowest BCUT2D eigenvalue weighted by atomic mass is 10.1. The lowest BCUT2D eigenvalue weighted by molar-refractivity contribution is -0.142. The van der Waals surface area contributed by atoms with Crippen molar-refractivity contribution in [2.24, 2.45) is 0 Å². The second-order valence-corrected chi connectivity index (χ2v) is 4.79. The lowest BCUT2D eigenvalue weighted by Crippen LogP contribution is -2.42. The Balaban J connectivity index is 1.95. The van der Waals surface area contributed by atoms with Crippen molar-refractivity contribution in [3.63, 3.8) is 0 Å². The first-order valence-corrected chi connectivity index (χ1v) is 6.46. The predicted octanol–water partition coefficient (Wildman–Crippen LogP) is 1.51. The Morgan fingerprint density at radius 1 is 1.60 bits per heavy atom. The number of methoxy groups -OCH3 is 1. The summed E-state index contributed by atoms with van der Waals surface area (Å²) in [7, 11) is 1.43. The second kappa shape index (κ2) is 6.67. The van der Waals surface area contributed by atoms with Gasteiger partial charge in [-0.1, -0.05) is 6.07 Å². The third-order valence-electron chi connectivity index (χ3n) is 3.25. The summed E-state index contributed by atoms with van der Waals surface area (Å²) in [6.45, 7) is 2.32. The monoisotopic (exact) mass is 283 g/mol. The van der Waals surface area contributed by atoms with Gasteiger partial charge in [-0.05, 0) is 17.7 Å². The number of carboxylic acids is 1. The Labute approximate surface area is 116 Å². The van der Waals surface area contributed by atoms with Crippen LogP contribution in [0.15, 0.2) is 18.2 Å². The van der Waals surface area contributed by atoms with Crippen LogP contribution in [0.25, 0.3) is 0 Å². The van der Waals surface area contributed by atoms with Gasteiger partial charge < -0.3 is 14.6 Å². The number of ether oxygens (including phenoxy) is 2. The molecule has 0 radical (unpaired) electrons. The number of nitrogens with zero attached hydrogens (tertiary/aromatic N) is 1. The Kier molecular flexibility index (Phi) is 4.92. The van der Waals surface area contributed by atoms with Gasteiger partial charge in [-0.15, -0.1) is 0 Å². The SMILES string of the molecule is COc1ccc(CN2CCOC(CC(=O)O)C2)cc1F. The van der Waals surface area contributed by atoms with Crippen molar-refractivity contribution in [1.29, 1.82) is 0 Å². The number of hydrogen-bond donors (Lipinski definition) is 1. The van der Waals surface area contributed by atoms with E-state index < -0.39 is 5.97 Å². The Morgan fingerprint density at radius 3 is 3.05 bits per heavy atom. The molecule has 0 spiro atoms. The van der Waals surface area contributed by atoms with E-state index in [1.807, 2.05) is 6.07 Å². The molecule has 1 aromatic carbocycles. The van der Waals surface area contributed by atoms with Gasteiger partial charge in [0.25, 0.3) is 0 Å². The fraction of sp³-hybridized carbons (Fsp3) is 0.500. The van der Waals surface area contributed by atoms with Crippen LogP contribution >= 0.6 is 0 Å². The molecule has 5 nitrogen and oxygen atoms in total. The molecule has 0 saturated carbocycles. The van der Waals surface area contributed by atoms with E-state index >= 15 is 0 Å². The van der Waals surface area contributed by atoms with Crippen LogP contribution in [0.3, 0.4) is 0 Å². The molecular formula is C14H18FNO4. The molecular weight excluding hydrogens is 265 g/mol. The minimum atomic E-state index is -0.868. The molecule has 1 unspecified atom stereocenters. The zero-order valence-electron chi connectivity index (χ0n) is 11.3. The maximum absolute atomic E-state index is 13.6. The highest BCUT2D eigenvalue weighted by Gasteiger charge is 2.22. The summed E-state index contributed by atoms with van der Waals surface area (Å²) in [6.07, 6.45) is -0.308. The standard InChI is InChI=1S/C14H18FNO4/c1-19-13-3-2-10(6-12(13)15)8-16-4-5-20-11(9-16)7-14(17)18/h2-3,6,11H,4-5,7-9H2,1H3,(H,17,18). The molecule has 2 rings (SSSR count). The van der Waals surface area contributed by atoms with E-state index in [0.29, 0.717) is 26.2 Å². The van der Waals surface area contributed by atoms with Gasteiger partial charge in [-0.25, -0.2) is 4.39 Å². The van der Waals surface area contributed by atoms with Gasteiger partial charge in [0.05, 0.1) is 26.2 Å². The van der Waals surface area contributed by atoms with E-state index in [2.05, 4.69) is 4.90 Å². The highest BCUT2D eigenvalue weighted by Crippen LogP contribution is 2.19. The van der Waals surface area contributed by atoms with Crippen molar-refractivity contribution >= 4 is 5.97 Å². The third-order valence-corrected chi connectivity index (χ3v) is 3.25. The van der Waals surface area contributed by atoms with Crippen molar-refractivity contribution in [3.05, 3.63) is 29.6 Å². The van der Waals surface area contributed by atoms with Crippen LogP contribution in [0.1, 0.15) is 12.0 Å². The van der Waals surface area contributed by atoms with Gasteiger partial charge in [0.1, 0.15) is 0 Å². The summed E-state index contributed by atoms with van der Waals surface area (Å²) in [5.41, 5.74) is 0.833. The smallest absolute Gasteiger partial charge is 0.306 e. The molecule has 1 fully saturated rings. The summed E-state index contributed by atoms with van der Waals surface area (Å²) < 4.78 is 23.9. The van der Waals surface area contributed by atoms with E-state index in [1.54, 1.807) is 6.07 Å². The zero-order chi connectivity index (χ0) is 14.5. The number of halogens is 1. The van der Waals surface area contributed by atoms with E-state index in [4.69, 9.17) is 14.6 Å². The lowest BCUT2D eigenvalue weighted by Gasteiger charge is -2.32. The van der Waals surface area contributed by atoms with Crippen LogP contribution in [0.4, 0.5) is 4.39 Å². The average Bonchev–Trinajstić information content (AvgIpc) is 2.38. The molecule has 20 heavy (non-hydrogen) atoms. The number of carboxylic acid groups (broad SMARTS) is 1. The van der Waals surface area contributed by atoms with Crippen molar-refractivity contribution in [2.45, 2.75) is 19.1 Å². The van der Waals surface area contributed by atoms with Gasteiger partial charge in [0.2, 0.25) is 0 Å². The first kappa shape index (κ1) is 14.7. The average molecular weight is 283 g/mol. The number of aliphatic carboxylic acids is 1. The first-order valence-electron chi connectivity index (χ1n) is 6.46. The van der Waals surface area contributed by atoms with Crippen molar-refractivity contribution in [2.75, 3.05) is 26.8 Å². The predicted molar refractivity (Wildman–Crippen MR) is 70.2 cm³/mol. The summed E-state index contributed by atoms with van der Waals surface area (Å²) in [5, 5.41) is 8.77. The Morgan fingerprint density at radius 2 is 2.40 bits per heavy atom. The number of rotatable bonds is 5. The van der Waals surface area contributed by atoms with Crippen LogP contribution in [0.5, 0.6) is 5.75 Å². The highest BCUT2D eigenvalue weighted by atomic mass is 19.1. The van der Waals surface area contributed by atoms with Gasteiger partial charge in [-0.2, -0.15) is 0 Å². The van der Waals surface area contributed by atoms with Crippen LogP contribution in [0, 0.1) is 5.82 Å². The number of carbonyl (C=O) groups is 1. The summed E-state index contributed by atoms with van der Waals surface area (Å²) in [4.78, 5) is 12.8. The fourth-order valence-electron chi connectivity index (χ4n) is 2.31. The molecule has 1 N–H and O–H groups in total. The molecule has 1 heterocycles. The number of morpholine rings is 1. The molecule has 0 bridgehead atoms. The number of hydrogen-bond acceptors (Lipinski definition) is 4. The quantitative estimate of drug-likeness (QED) is 0.887. The molecule has 1 aliphatic heterocycles. The largest absolute Gasteiger partial charge is 0.494 e. The van der Waals surface area contributed by atoms with E-state index in [0.717, 1.165) is 5.56 Å². The Bertz CT molecular complexity index is 480. The van der Waals surface area contributed by atoms with Gasteiger partial charge in [-0.3, -0.25) is 9.69 Å². The van der Waals surface area contributed by atoms with Gasteiger partial charge in [0, 0.05) is 19.6 Å².